The Hall–Kier alpha value is -9.85. The van der Waals surface area contributed by atoms with Crippen molar-refractivity contribution in [3.63, 3.8) is 0 Å². The molecular weight excluding hydrogens is 895 g/mol. The molecule has 1 spiro atoms. The largest absolute Gasteiger partial charge is 0.456 e. The second kappa shape index (κ2) is 15.1. The molecule has 4 heterocycles. The van der Waals surface area contributed by atoms with Crippen molar-refractivity contribution in [3.05, 3.63) is 247 Å². The summed E-state index contributed by atoms with van der Waals surface area (Å²) in [7, 11) is 0. The van der Waals surface area contributed by atoms with Gasteiger partial charge in [0, 0.05) is 54.7 Å². The van der Waals surface area contributed by atoms with Gasteiger partial charge in [-0.25, -0.2) is 24.9 Å². The van der Waals surface area contributed by atoms with Gasteiger partial charge in [0.15, 0.2) is 23.3 Å². The summed E-state index contributed by atoms with van der Waals surface area (Å²) in [6.45, 7) is 0. The Labute approximate surface area is 417 Å². The van der Waals surface area contributed by atoms with Crippen LogP contribution < -0.4 is 0 Å². The Bertz CT molecular complexity index is 4650. The lowest BCUT2D eigenvalue weighted by molar-refractivity contribution is 0.669. The Morgan fingerprint density at radius 2 is 0.863 bits per heavy atom. The number of rotatable bonds is 5. The molecule has 1 unspecified atom stereocenters. The van der Waals surface area contributed by atoms with E-state index in [9.17, 15) is 0 Å². The van der Waals surface area contributed by atoms with Gasteiger partial charge in [-0.15, -0.1) is 0 Å². The van der Waals surface area contributed by atoms with Gasteiger partial charge < -0.3 is 8.83 Å². The molecule has 4 aromatic heterocycles. The number of aromatic nitrogens is 5. The number of para-hydroxylation sites is 4. The van der Waals surface area contributed by atoms with E-state index >= 15 is 0 Å². The first-order valence-corrected chi connectivity index (χ1v) is 24.6. The summed E-state index contributed by atoms with van der Waals surface area (Å²) in [5.74, 6) is 2.40. The summed E-state index contributed by atoms with van der Waals surface area (Å²) in [5.41, 5.74) is 18.2. The van der Waals surface area contributed by atoms with Gasteiger partial charge in [0.05, 0.1) is 16.6 Å². The zero-order valence-electron chi connectivity index (χ0n) is 38.9. The predicted octanol–water partition coefficient (Wildman–Crippen LogP) is 16.3. The molecule has 338 valence electrons. The fraction of sp³-hybridized carbons (Fsp3) is 0.0152. The summed E-state index contributed by atoms with van der Waals surface area (Å²) in [6.07, 6.45) is 0. The molecule has 0 radical (unpaired) electrons. The number of hydrogen-bond donors (Lipinski definition) is 0. The lowest BCUT2D eigenvalue weighted by atomic mass is 9.70. The fourth-order valence-corrected chi connectivity index (χ4v) is 12.2. The van der Waals surface area contributed by atoms with Gasteiger partial charge in [0.2, 0.25) is 0 Å². The van der Waals surface area contributed by atoms with E-state index in [2.05, 4.69) is 158 Å². The molecule has 0 saturated carbocycles. The van der Waals surface area contributed by atoms with Crippen molar-refractivity contribution in [1.29, 1.82) is 0 Å². The third-order valence-electron chi connectivity index (χ3n) is 15.2. The lowest BCUT2D eigenvalue weighted by Crippen LogP contribution is -2.26. The molecule has 10 aromatic carbocycles. The maximum absolute atomic E-state index is 6.63. The second-order valence-corrected chi connectivity index (χ2v) is 19.0. The summed E-state index contributed by atoms with van der Waals surface area (Å²) < 4.78 is 13.0. The first kappa shape index (κ1) is 39.9. The van der Waals surface area contributed by atoms with E-state index in [0.717, 1.165) is 105 Å². The van der Waals surface area contributed by atoms with E-state index in [-0.39, 0.29) is 0 Å². The van der Waals surface area contributed by atoms with Crippen LogP contribution in [0.1, 0.15) is 22.3 Å². The standard InChI is InChI=1S/C66H37N5O2/c1-2-17-38(18-3-1)62-69-63(71-65(70-62)48-26-16-34-57-59(48)46-23-8-13-33-56(46)72-57)39-35-36-41-40-19-4-9-28-50(40)66(53(41)37-39)51-29-10-5-21-44(51)58-47(25-15-30-52(58)66)64-67-54-31-11-6-22-45(54)60(68-64)49-27-14-24-43-42-20-7-12-32-55(42)73-61(43)49/h1-37H. The third-order valence-corrected chi connectivity index (χ3v) is 15.2. The normalized spacial score (nSPS) is 14.4. The van der Waals surface area contributed by atoms with Gasteiger partial charge in [0.25, 0.3) is 0 Å². The topological polar surface area (TPSA) is 90.7 Å². The van der Waals surface area contributed by atoms with Gasteiger partial charge >= 0.3 is 0 Å². The van der Waals surface area contributed by atoms with E-state index in [4.69, 9.17) is 33.8 Å². The van der Waals surface area contributed by atoms with Crippen LogP contribution in [-0.2, 0) is 5.41 Å². The molecule has 14 aromatic rings. The van der Waals surface area contributed by atoms with Gasteiger partial charge in [0.1, 0.15) is 22.3 Å². The first-order valence-electron chi connectivity index (χ1n) is 24.6. The predicted molar refractivity (Wildman–Crippen MR) is 291 cm³/mol. The van der Waals surface area contributed by atoms with Crippen LogP contribution in [0.5, 0.6) is 0 Å². The molecule has 73 heavy (non-hydrogen) atoms. The van der Waals surface area contributed by atoms with Crippen LogP contribution in [-0.4, -0.2) is 24.9 Å². The van der Waals surface area contributed by atoms with E-state index < -0.39 is 5.41 Å². The molecule has 16 rings (SSSR count). The van der Waals surface area contributed by atoms with E-state index in [1.54, 1.807) is 0 Å². The number of benzene rings is 10. The highest BCUT2D eigenvalue weighted by molar-refractivity contribution is 6.13. The molecule has 7 nitrogen and oxygen atoms in total. The summed E-state index contributed by atoms with van der Waals surface area (Å²) >= 11 is 0. The van der Waals surface area contributed by atoms with Crippen LogP contribution in [0, 0.1) is 0 Å². The maximum atomic E-state index is 6.63. The second-order valence-electron chi connectivity index (χ2n) is 19.0. The van der Waals surface area contributed by atoms with Gasteiger partial charge in [-0.2, -0.15) is 0 Å². The fourth-order valence-electron chi connectivity index (χ4n) is 12.2. The minimum absolute atomic E-state index is 0.576. The van der Waals surface area contributed by atoms with Crippen LogP contribution in [0.25, 0.3) is 134 Å². The van der Waals surface area contributed by atoms with Crippen molar-refractivity contribution < 1.29 is 8.83 Å². The summed E-state index contributed by atoms with van der Waals surface area (Å²) in [4.78, 5) is 26.8. The molecule has 1 atom stereocenters. The third kappa shape index (κ3) is 5.61. The molecule has 0 N–H and O–H groups in total. The maximum Gasteiger partial charge on any atom is 0.164 e. The van der Waals surface area contributed by atoms with Crippen molar-refractivity contribution >= 4 is 54.8 Å². The molecule has 0 aliphatic heterocycles. The zero-order chi connectivity index (χ0) is 47.8. The van der Waals surface area contributed by atoms with Gasteiger partial charge in [-0.3, -0.25) is 0 Å². The zero-order valence-corrected chi connectivity index (χ0v) is 38.9. The molecule has 0 amide bonds. The molecular formula is C66H37N5O2. The van der Waals surface area contributed by atoms with Crippen LogP contribution in [0.15, 0.2) is 233 Å². The monoisotopic (exact) mass is 931 g/mol. The van der Waals surface area contributed by atoms with Crippen molar-refractivity contribution in [2.24, 2.45) is 0 Å². The van der Waals surface area contributed by atoms with Gasteiger partial charge in [-0.05, 0) is 80.9 Å². The molecule has 7 heteroatoms. The quantitative estimate of drug-likeness (QED) is 0.170. The lowest BCUT2D eigenvalue weighted by Gasteiger charge is -2.30. The minimum atomic E-state index is -0.692. The van der Waals surface area contributed by atoms with E-state index in [1.807, 2.05) is 66.7 Å². The van der Waals surface area contributed by atoms with Crippen LogP contribution in [0.2, 0.25) is 0 Å². The number of nitrogens with zero attached hydrogens (tertiary/aromatic N) is 5. The van der Waals surface area contributed by atoms with Crippen LogP contribution >= 0.6 is 0 Å². The molecule has 2 aliphatic carbocycles. The number of furan rings is 2. The SMILES string of the molecule is c1ccc(-c2nc(-c3ccc4c(c3)C3(c5ccccc5-4)c4ccccc4-c4c(-c5nc(-c6cccc7c6oc6ccccc67)c6ccccc6n5)cccc43)nc(-c3cccc4oc5ccccc5c34)n2)cc1. The molecule has 0 bridgehead atoms. The van der Waals surface area contributed by atoms with E-state index in [1.165, 1.54) is 27.8 Å². The average Bonchev–Trinajstić information content (AvgIpc) is 4.21. The van der Waals surface area contributed by atoms with Crippen LogP contribution in [0.4, 0.5) is 0 Å². The Kier molecular flexibility index (Phi) is 8.25. The molecule has 2 aliphatic rings. The number of hydrogen-bond acceptors (Lipinski definition) is 7. The van der Waals surface area contributed by atoms with Crippen molar-refractivity contribution in [2.45, 2.75) is 5.41 Å². The van der Waals surface area contributed by atoms with E-state index in [0.29, 0.717) is 23.3 Å². The number of fused-ring (bicyclic) bond motifs is 17. The Morgan fingerprint density at radius 1 is 0.301 bits per heavy atom. The van der Waals surface area contributed by atoms with Crippen LogP contribution in [0.3, 0.4) is 0 Å². The Balaban J connectivity index is 0.928. The first-order chi connectivity index (χ1) is 36.2. The molecule has 0 fully saturated rings. The average molecular weight is 932 g/mol. The molecule has 0 saturated heterocycles. The minimum Gasteiger partial charge on any atom is -0.456 e. The van der Waals surface area contributed by atoms with Crippen molar-refractivity contribution in [1.82, 2.24) is 24.9 Å². The smallest absolute Gasteiger partial charge is 0.164 e. The van der Waals surface area contributed by atoms with Gasteiger partial charge in [-0.1, -0.05) is 188 Å². The highest BCUT2D eigenvalue weighted by Gasteiger charge is 2.52. The highest BCUT2D eigenvalue weighted by atomic mass is 16.3. The Morgan fingerprint density at radius 3 is 1.73 bits per heavy atom. The summed E-state index contributed by atoms with van der Waals surface area (Å²) in [6, 6.07) is 78.4. The van der Waals surface area contributed by atoms with Crippen molar-refractivity contribution in [3.8, 4) is 79.1 Å². The summed E-state index contributed by atoms with van der Waals surface area (Å²) in [5, 5.41) is 5.08. The highest BCUT2D eigenvalue weighted by Crippen LogP contribution is 2.64. The van der Waals surface area contributed by atoms with Crippen molar-refractivity contribution in [2.75, 3.05) is 0 Å².